The van der Waals surface area contributed by atoms with Crippen molar-refractivity contribution in [3.05, 3.63) is 48.6 Å². The van der Waals surface area contributed by atoms with E-state index in [0.29, 0.717) is 23.9 Å². The highest BCUT2D eigenvalue weighted by Gasteiger charge is 2.27. The highest BCUT2D eigenvalue weighted by atomic mass is 31.2. The summed E-state index contributed by atoms with van der Waals surface area (Å²) in [6.07, 6.45) is 43.5. The van der Waals surface area contributed by atoms with Gasteiger partial charge in [0, 0.05) is 12.8 Å². The largest absolute Gasteiger partial charge is 0.472 e. The van der Waals surface area contributed by atoms with E-state index in [1.807, 2.05) is 57.6 Å². The first kappa shape index (κ1) is 56.9. The number of phosphoric acid groups is 1. The van der Waals surface area contributed by atoms with E-state index in [-0.39, 0.29) is 32.2 Å². The quantitative estimate of drug-likeness (QED) is 0.0154. The Hall–Kier alpha value is -2.07. The number of ether oxygens (including phenoxy) is 2. The number of nitrogens with zero attached hydrogens (tertiary/aromatic N) is 1. The van der Waals surface area contributed by atoms with Gasteiger partial charge in [-0.05, 0) is 38.5 Å². The highest BCUT2D eigenvalue weighted by molar-refractivity contribution is 7.47. The lowest BCUT2D eigenvalue weighted by atomic mass is 10.0. The van der Waals surface area contributed by atoms with E-state index in [1.54, 1.807) is 0 Å². The molecule has 3 atom stereocenters. The van der Waals surface area contributed by atoms with E-state index >= 15 is 0 Å². The van der Waals surface area contributed by atoms with Gasteiger partial charge in [-0.25, -0.2) is 4.57 Å². The highest BCUT2D eigenvalue weighted by Crippen LogP contribution is 2.43. The molecule has 0 rings (SSSR count). The van der Waals surface area contributed by atoms with Crippen LogP contribution in [0, 0.1) is 0 Å². The summed E-state index contributed by atoms with van der Waals surface area (Å²) in [6.45, 7) is 4.23. The standard InChI is InChI=1S/C48H88NO9P/c1-6-8-10-11-12-13-14-15-16-17-18-19-22-25-28-31-35-39-47(51)55-43-46(44-57-59(53,54)56-42-41-49(3,4)5)58-48(52)40-36-32-29-26-23-20-21-24-27-30-34-38-45(50)37-33-9-7-2/h20-21,26-27,29-30,34,38,45-46,50H,6-19,22-25,28,31-33,35-37,39-44H2,1-5H3/p+1/b21-20-,29-26-,30-27-,38-34+/t45-,46+/m0/s1. The average molecular weight is 855 g/mol. The minimum Gasteiger partial charge on any atom is -0.462 e. The predicted molar refractivity (Wildman–Crippen MR) is 244 cm³/mol. The van der Waals surface area contributed by atoms with Gasteiger partial charge in [0.05, 0.1) is 33.9 Å². The molecule has 0 fully saturated rings. The molecular formula is C48H89NO9P+. The van der Waals surface area contributed by atoms with Crippen LogP contribution in [0.3, 0.4) is 0 Å². The van der Waals surface area contributed by atoms with Gasteiger partial charge in [0.2, 0.25) is 0 Å². The second-order valence-corrected chi connectivity index (χ2v) is 18.4. The molecule has 0 bridgehead atoms. The molecule has 10 nitrogen and oxygen atoms in total. The fourth-order valence-corrected chi connectivity index (χ4v) is 6.98. The molecule has 0 aliphatic carbocycles. The Morgan fingerprint density at radius 1 is 0.610 bits per heavy atom. The molecule has 0 radical (unpaired) electrons. The number of aliphatic hydroxyl groups excluding tert-OH is 1. The van der Waals surface area contributed by atoms with Crippen LogP contribution in [0.1, 0.15) is 187 Å². The number of phosphoric ester groups is 1. The van der Waals surface area contributed by atoms with Gasteiger partial charge in [-0.3, -0.25) is 18.6 Å². The molecule has 0 aromatic heterocycles. The zero-order valence-electron chi connectivity index (χ0n) is 38.3. The van der Waals surface area contributed by atoms with Gasteiger partial charge in [-0.15, -0.1) is 0 Å². The topological polar surface area (TPSA) is 129 Å². The number of hydrogen-bond donors (Lipinski definition) is 2. The molecule has 0 aromatic rings. The summed E-state index contributed by atoms with van der Waals surface area (Å²) in [5.41, 5.74) is 0. The number of hydrogen-bond acceptors (Lipinski definition) is 8. The zero-order valence-corrected chi connectivity index (χ0v) is 39.2. The summed E-state index contributed by atoms with van der Waals surface area (Å²) < 4.78 is 34.3. The van der Waals surface area contributed by atoms with E-state index in [4.69, 9.17) is 18.5 Å². The third-order valence-electron chi connectivity index (χ3n) is 9.97. The zero-order chi connectivity index (χ0) is 43.7. The molecule has 1 unspecified atom stereocenters. The normalized spacial score (nSPS) is 14.5. The maximum absolute atomic E-state index is 12.7. The molecule has 0 saturated carbocycles. The van der Waals surface area contributed by atoms with Crippen LogP contribution < -0.4 is 0 Å². The summed E-state index contributed by atoms with van der Waals surface area (Å²) in [4.78, 5) is 35.4. The Morgan fingerprint density at radius 2 is 1.12 bits per heavy atom. The van der Waals surface area contributed by atoms with Gasteiger partial charge >= 0.3 is 19.8 Å². The van der Waals surface area contributed by atoms with Crippen molar-refractivity contribution in [3.8, 4) is 0 Å². The van der Waals surface area contributed by atoms with Crippen LogP contribution in [0.15, 0.2) is 48.6 Å². The maximum atomic E-state index is 12.7. The van der Waals surface area contributed by atoms with E-state index in [9.17, 15) is 24.2 Å². The molecule has 0 aromatic carbocycles. The number of carbonyl (C=O) groups excluding carboxylic acids is 2. The van der Waals surface area contributed by atoms with Crippen LogP contribution in [-0.4, -0.2) is 86.1 Å². The first-order valence-electron chi connectivity index (χ1n) is 23.5. The number of carbonyl (C=O) groups is 2. The predicted octanol–water partition coefficient (Wildman–Crippen LogP) is 12.4. The third-order valence-corrected chi connectivity index (χ3v) is 11.0. The number of allylic oxidation sites excluding steroid dienone is 7. The van der Waals surface area contributed by atoms with Crippen molar-refractivity contribution in [3.63, 3.8) is 0 Å². The van der Waals surface area contributed by atoms with Crippen molar-refractivity contribution >= 4 is 19.8 Å². The van der Waals surface area contributed by atoms with Crippen molar-refractivity contribution in [2.24, 2.45) is 0 Å². The average Bonchev–Trinajstić information content (AvgIpc) is 3.18. The number of rotatable bonds is 42. The van der Waals surface area contributed by atoms with E-state index in [0.717, 1.165) is 57.8 Å². The monoisotopic (exact) mass is 855 g/mol. The van der Waals surface area contributed by atoms with Crippen LogP contribution in [0.5, 0.6) is 0 Å². The molecule has 0 spiro atoms. The van der Waals surface area contributed by atoms with Crippen LogP contribution >= 0.6 is 7.82 Å². The van der Waals surface area contributed by atoms with Gasteiger partial charge < -0.3 is 24.0 Å². The second kappa shape index (κ2) is 40.0. The minimum absolute atomic E-state index is 0.0130. The summed E-state index contributed by atoms with van der Waals surface area (Å²) in [7, 11) is 1.41. The van der Waals surface area contributed by atoms with Gasteiger partial charge in [-0.2, -0.15) is 0 Å². The molecule has 0 saturated heterocycles. The lowest BCUT2D eigenvalue weighted by Crippen LogP contribution is -2.37. The summed E-state index contributed by atoms with van der Waals surface area (Å²) in [6, 6.07) is 0. The van der Waals surface area contributed by atoms with Crippen LogP contribution in [0.2, 0.25) is 0 Å². The van der Waals surface area contributed by atoms with E-state index in [2.05, 4.69) is 26.0 Å². The second-order valence-electron chi connectivity index (χ2n) is 17.0. The van der Waals surface area contributed by atoms with Crippen molar-refractivity contribution < 1.29 is 47.2 Å². The Bertz CT molecular complexity index is 1160. The number of quaternary nitrogens is 1. The maximum Gasteiger partial charge on any atom is 0.472 e. The van der Waals surface area contributed by atoms with Gasteiger partial charge in [0.1, 0.15) is 19.8 Å². The lowest BCUT2D eigenvalue weighted by Gasteiger charge is -2.24. The van der Waals surface area contributed by atoms with Crippen LogP contribution in [-0.2, 0) is 32.7 Å². The van der Waals surface area contributed by atoms with Crippen molar-refractivity contribution in [2.45, 2.75) is 199 Å². The summed E-state index contributed by atoms with van der Waals surface area (Å²) in [5.74, 6) is -0.886. The summed E-state index contributed by atoms with van der Waals surface area (Å²) >= 11 is 0. The Labute approximate surface area is 361 Å². The first-order chi connectivity index (χ1) is 28.4. The van der Waals surface area contributed by atoms with E-state index in [1.165, 1.54) is 89.9 Å². The molecule has 2 N–H and O–H groups in total. The Kier molecular flexibility index (Phi) is 38.6. The number of esters is 2. The molecular weight excluding hydrogens is 765 g/mol. The molecule has 0 aliphatic heterocycles. The molecule has 344 valence electrons. The number of likely N-dealkylation sites (N-methyl/N-ethyl adjacent to an activating group) is 1. The first-order valence-corrected chi connectivity index (χ1v) is 25.0. The van der Waals surface area contributed by atoms with Crippen molar-refractivity contribution in [1.82, 2.24) is 0 Å². The summed E-state index contributed by atoms with van der Waals surface area (Å²) in [5, 5.41) is 9.91. The Morgan fingerprint density at radius 3 is 1.69 bits per heavy atom. The van der Waals surface area contributed by atoms with Gasteiger partial charge in [0.15, 0.2) is 6.10 Å². The molecule has 0 aliphatic rings. The number of aliphatic hydroxyl groups is 1. The SMILES string of the molecule is CCCCCCCCCCCCCCCCCCCC(=O)OC[C@H](COP(=O)(O)OCC[N+](C)(C)C)OC(=O)CCC/C=C\C/C=C\C/C=C\C=C\[C@@H](O)CCCCC. The lowest BCUT2D eigenvalue weighted by molar-refractivity contribution is -0.870. The third kappa shape index (κ3) is 43.8. The van der Waals surface area contributed by atoms with Gasteiger partial charge in [0.25, 0.3) is 0 Å². The Balaban J connectivity index is 4.44. The molecule has 0 amide bonds. The van der Waals surface area contributed by atoms with Crippen molar-refractivity contribution in [1.29, 1.82) is 0 Å². The number of unbranched alkanes of at least 4 members (excludes halogenated alkanes) is 19. The molecule has 59 heavy (non-hydrogen) atoms. The molecule has 11 heteroatoms. The fourth-order valence-electron chi connectivity index (χ4n) is 6.24. The smallest absolute Gasteiger partial charge is 0.462 e. The van der Waals surface area contributed by atoms with Gasteiger partial charge in [-0.1, -0.05) is 184 Å². The van der Waals surface area contributed by atoms with Crippen LogP contribution in [0.25, 0.3) is 0 Å². The molecule has 0 heterocycles. The van der Waals surface area contributed by atoms with E-state index < -0.39 is 32.5 Å². The fraction of sp³-hybridized carbons (Fsp3) is 0.792. The van der Waals surface area contributed by atoms with Crippen LogP contribution in [0.4, 0.5) is 0 Å². The minimum atomic E-state index is -4.40. The van der Waals surface area contributed by atoms with Crippen molar-refractivity contribution in [2.75, 3.05) is 47.5 Å².